The van der Waals surface area contributed by atoms with Crippen molar-refractivity contribution in [3.8, 4) is 0 Å². The molecule has 1 aliphatic rings. The van der Waals surface area contributed by atoms with Crippen molar-refractivity contribution in [3.63, 3.8) is 0 Å². The molecular weight excluding hydrogens is 304 g/mol. The Balaban J connectivity index is 1.48. The lowest BCUT2D eigenvalue weighted by molar-refractivity contribution is -0.122. The lowest BCUT2D eigenvalue weighted by Crippen LogP contribution is -2.41. The second-order valence-corrected chi connectivity index (χ2v) is 7.22. The van der Waals surface area contributed by atoms with Gasteiger partial charge in [0.05, 0.1) is 6.54 Å². The molecule has 0 spiro atoms. The number of nitrogens with one attached hydrogen (secondary N) is 1. The van der Waals surface area contributed by atoms with E-state index >= 15 is 0 Å². The van der Waals surface area contributed by atoms with Crippen molar-refractivity contribution in [2.75, 3.05) is 19.6 Å². The predicted octanol–water partition coefficient (Wildman–Crippen LogP) is 3.33. The van der Waals surface area contributed by atoms with Crippen molar-refractivity contribution in [1.29, 1.82) is 0 Å². The van der Waals surface area contributed by atoms with Crippen LogP contribution in [0.4, 0.5) is 0 Å². The van der Waals surface area contributed by atoms with E-state index in [9.17, 15) is 4.79 Å². The molecule has 3 rings (SSSR count). The number of carbonyl (C=O) groups is 1. The van der Waals surface area contributed by atoms with Crippen molar-refractivity contribution < 1.29 is 4.79 Å². The molecule has 1 amide bonds. The number of hydrogen-bond acceptors (Lipinski definition) is 3. The van der Waals surface area contributed by atoms with E-state index in [2.05, 4.69) is 53.7 Å². The standard InChI is InChI=1S/C19H24N2OS/c1-14-5-3-4-6-16(14)7-10-20-19(22)13-21-11-8-18-17(15(21)2)9-12-23-18/h3-6,9,12,15H,7-8,10-11,13H2,1-2H3,(H,20,22)/t15-/m0/s1. The van der Waals surface area contributed by atoms with Gasteiger partial charge in [-0.1, -0.05) is 24.3 Å². The fourth-order valence-corrected chi connectivity index (χ4v) is 4.21. The van der Waals surface area contributed by atoms with Gasteiger partial charge in [-0.3, -0.25) is 9.69 Å². The molecule has 0 bridgehead atoms. The molecule has 4 heteroatoms. The molecule has 0 aliphatic carbocycles. The molecule has 0 saturated carbocycles. The fourth-order valence-electron chi connectivity index (χ4n) is 3.24. The van der Waals surface area contributed by atoms with Gasteiger partial charge in [0, 0.05) is 24.0 Å². The van der Waals surface area contributed by atoms with Crippen LogP contribution >= 0.6 is 11.3 Å². The van der Waals surface area contributed by atoms with Crippen molar-refractivity contribution in [3.05, 3.63) is 57.3 Å². The first kappa shape index (κ1) is 16.2. The number of fused-ring (bicyclic) bond motifs is 1. The van der Waals surface area contributed by atoms with Gasteiger partial charge in [0.1, 0.15) is 0 Å². The van der Waals surface area contributed by atoms with Crippen LogP contribution in [0.5, 0.6) is 0 Å². The normalized spacial score (nSPS) is 17.7. The third kappa shape index (κ3) is 3.82. The van der Waals surface area contributed by atoms with Gasteiger partial charge in [-0.25, -0.2) is 0 Å². The first-order chi connectivity index (χ1) is 11.1. The monoisotopic (exact) mass is 328 g/mol. The Morgan fingerprint density at radius 2 is 2.17 bits per heavy atom. The Morgan fingerprint density at radius 3 is 3.00 bits per heavy atom. The van der Waals surface area contributed by atoms with Crippen LogP contribution in [0.15, 0.2) is 35.7 Å². The second-order valence-electron chi connectivity index (χ2n) is 6.22. The number of carbonyl (C=O) groups excluding carboxylic acids is 1. The summed E-state index contributed by atoms with van der Waals surface area (Å²) in [4.78, 5) is 16.0. The van der Waals surface area contributed by atoms with Crippen LogP contribution in [0.2, 0.25) is 0 Å². The van der Waals surface area contributed by atoms with Gasteiger partial charge in [-0.05, 0) is 54.8 Å². The third-order valence-electron chi connectivity index (χ3n) is 4.73. The summed E-state index contributed by atoms with van der Waals surface area (Å²) in [6.45, 7) is 6.48. The van der Waals surface area contributed by atoms with Crippen LogP contribution in [0.3, 0.4) is 0 Å². The average Bonchev–Trinajstić information content (AvgIpc) is 3.01. The van der Waals surface area contributed by atoms with Crippen LogP contribution in [-0.4, -0.2) is 30.4 Å². The number of hydrogen-bond donors (Lipinski definition) is 1. The summed E-state index contributed by atoms with van der Waals surface area (Å²) in [6.07, 6.45) is 1.95. The number of nitrogens with zero attached hydrogens (tertiary/aromatic N) is 1. The summed E-state index contributed by atoms with van der Waals surface area (Å²) in [5.41, 5.74) is 3.99. The molecule has 1 atom stereocenters. The Kier molecular flexibility index (Phi) is 5.13. The van der Waals surface area contributed by atoms with Gasteiger partial charge in [0.15, 0.2) is 0 Å². The van der Waals surface area contributed by atoms with Crippen LogP contribution in [-0.2, 0) is 17.6 Å². The highest BCUT2D eigenvalue weighted by Crippen LogP contribution is 2.32. The molecule has 0 fully saturated rings. The first-order valence-electron chi connectivity index (χ1n) is 8.26. The summed E-state index contributed by atoms with van der Waals surface area (Å²) in [6, 6.07) is 10.9. The number of rotatable bonds is 5. The quantitative estimate of drug-likeness (QED) is 0.913. The van der Waals surface area contributed by atoms with Crippen molar-refractivity contribution in [1.82, 2.24) is 10.2 Å². The van der Waals surface area contributed by atoms with Crippen LogP contribution in [0.1, 0.15) is 34.5 Å². The van der Waals surface area contributed by atoms with Crippen molar-refractivity contribution in [2.24, 2.45) is 0 Å². The maximum Gasteiger partial charge on any atom is 0.234 e. The van der Waals surface area contributed by atoms with Crippen molar-refractivity contribution >= 4 is 17.2 Å². The molecule has 23 heavy (non-hydrogen) atoms. The first-order valence-corrected chi connectivity index (χ1v) is 9.14. The lowest BCUT2D eigenvalue weighted by atomic mass is 10.0. The molecule has 122 valence electrons. The molecule has 0 unspecified atom stereocenters. The second kappa shape index (κ2) is 7.28. The molecule has 3 nitrogen and oxygen atoms in total. The number of thiophene rings is 1. The zero-order chi connectivity index (χ0) is 16.2. The topological polar surface area (TPSA) is 32.3 Å². The predicted molar refractivity (Wildman–Crippen MR) is 95.9 cm³/mol. The van der Waals surface area contributed by atoms with E-state index in [1.54, 1.807) is 0 Å². The highest BCUT2D eigenvalue weighted by Gasteiger charge is 2.25. The zero-order valence-electron chi connectivity index (χ0n) is 13.8. The van der Waals surface area contributed by atoms with Gasteiger partial charge in [0.2, 0.25) is 5.91 Å². The van der Waals surface area contributed by atoms with Gasteiger partial charge in [0.25, 0.3) is 0 Å². The molecule has 1 aliphatic heterocycles. The number of benzene rings is 1. The molecule has 2 heterocycles. The number of aryl methyl sites for hydroxylation is 1. The van der Waals surface area contributed by atoms with E-state index in [0.717, 1.165) is 19.4 Å². The molecule has 2 aromatic rings. The largest absolute Gasteiger partial charge is 0.355 e. The van der Waals surface area contributed by atoms with E-state index in [1.807, 2.05) is 17.4 Å². The third-order valence-corrected chi connectivity index (χ3v) is 5.72. The maximum absolute atomic E-state index is 12.2. The average molecular weight is 328 g/mol. The Bertz CT molecular complexity index is 680. The van der Waals surface area contributed by atoms with Crippen LogP contribution in [0, 0.1) is 6.92 Å². The van der Waals surface area contributed by atoms with Crippen LogP contribution in [0.25, 0.3) is 0 Å². The molecule has 1 aromatic heterocycles. The number of amides is 1. The highest BCUT2D eigenvalue weighted by molar-refractivity contribution is 7.10. The van der Waals surface area contributed by atoms with E-state index in [1.165, 1.54) is 21.6 Å². The minimum Gasteiger partial charge on any atom is -0.355 e. The summed E-state index contributed by atoms with van der Waals surface area (Å²) < 4.78 is 0. The lowest BCUT2D eigenvalue weighted by Gasteiger charge is -2.32. The Morgan fingerprint density at radius 1 is 1.35 bits per heavy atom. The highest BCUT2D eigenvalue weighted by atomic mass is 32.1. The molecule has 1 aromatic carbocycles. The minimum atomic E-state index is 0.129. The molecular formula is C19H24N2OS. The zero-order valence-corrected chi connectivity index (χ0v) is 14.7. The van der Waals surface area contributed by atoms with Gasteiger partial charge in [-0.2, -0.15) is 0 Å². The SMILES string of the molecule is Cc1ccccc1CCNC(=O)CN1CCc2sccc2[C@@H]1C. The van der Waals surface area contributed by atoms with E-state index in [4.69, 9.17) is 0 Å². The molecule has 1 N–H and O–H groups in total. The van der Waals surface area contributed by atoms with Crippen LogP contribution < -0.4 is 5.32 Å². The summed E-state index contributed by atoms with van der Waals surface area (Å²) in [5.74, 6) is 0.129. The van der Waals surface area contributed by atoms with Gasteiger partial charge >= 0.3 is 0 Å². The van der Waals surface area contributed by atoms with E-state index in [-0.39, 0.29) is 5.91 Å². The summed E-state index contributed by atoms with van der Waals surface area (Å²) >= 11 is 1.84. The smallest absolute Gasteiger partial charge is 0.234 e. The summed E-state index contributed by atoms with van der Waals surface area (Å²) in [7, 11) is 0. The van der Waals surface area contributed by atoms with E-state index < -0.39 is 0 Å². The Labute approximate surface area is 142 Å². The van der Waals surface area contributed by atoms with Gasteiger partial charge in [-0.15, -0.1) is 11.3 Å². The molecule has 0 radical (unpaired) electrons. The van der Waals surface area contributed by atoms with E-state index in [0.29, 0.717) is 19.1 Å². The minimum absolute atomic E-state index is 0.129. The summed E-state index contributed by atoms with van der Waals surface area (Å²) in [5, 5.41) is 5.23. The Hall–Kier alpha value is -1.65. The van der Waals surface area contributed by atoms with Crippen molar-refractivity contribution in [2.45, 2.75) is 32.7 Å². The molecule has 0 saturated heterocycles. The van der Waals surface area contributed by atoms with Gasteiger partial charge < -0.3 is 5.32 Å². The maximum atomic E-state index is 12.2. The fraction of sp³-hybridized carbons (Fsp3) is 0.421.